The number of carbonyl (C=O) groups is 1. The van der Waals surface area contributed by atoms with Gasteiger partial charge in [-0.2, -0.15) is 0 Å². The molecule has 5 nitrogen and oxygen atoms in total. The van der Waals surface area contributed by atoms with Crippen molar-refractivity contribution in [1.29, 1.82) is 0 Å². The molecule has 5 heteroatoms. The Morgan fingerprint density at radius 2 is 2.10 bits per heavy atom. The van der Waals surface area contributed by atoms with Gasteiger partial charge in [-0.05, 0) is 37.7 Å². The first kappa shape index (κ1) is 15.1. The topological polar surface area (TPSA) is 62.9 Å². The van der Waals surface area contributed by atoms with Gasteiger partial charge in [-0.25, -0.2) is 4.79 Å². The average Bonchev–Trinajstić information content (AvgIpc) is 2.96. The quantitative estimate of drug-likeness (QED) is 0.757. The van der Waals surface area contributed by atoms with E-state index in [0.717, 1.165) is 25.3 Å². The highest BCUT2D eigenvalue weighted by atomic mass is 16.5. The predicted octanol–water partition coefficient (Wildman–Crippen LogP) is 2.88. The Labute approximate surface area is 123 Å². The number of aromatic carboxylic acids is 1. The fourth-order valence-electron chi connectivity index (χ4n) is 2.03. The van der Waals surface area contributed by atoms with Crippen LogP contribution in [-0.2, 0) is 6.54 Å². The van der Waals surface area contributed by atoms with Gasteiger partial charge in [-0.3, -0.25) is 4.90 Å². The minimum Gasteiger partial charge on any atom is -0.493 e. The van der Waals surface area contributed by atoms with Gasteiger partial charge in [0.15, 0.2) is 0 Å². The summed E-state index contributed by atoms with van der Waals surface area (Å²) in [6, 6.07) is 10.5. The van der Waals surface area contributed by atoms with Gasteiger partial charge in [0.2, 0.25) is 0 Å². The summed E-state index contributed by atoms with van der Waals surface area (Å²) >= 11 is 0. The molecule has 0 saturated heterocycles. The smallest absolute Gasteiger partial charge is 0.339 e. The Kier molecular flexibility index (Phi) is 5.40. The first-order valence-electron chi connectivity index (χ1n) is 6.83. The van der Waals surface area contributed by atoms with Crippen molar-refractivity contribution < 1.29 is 19.1 Å². The minimum atomic E-state index is -0.972. The Hall–Kier alpha value is -2.27. The summed E-state index contributed by atoms with van der Waals surface area (Å²) in [6.07, 6.45) is 2.47. The van der Waals surface area contributed by atoms with Crippen LogP contribution in [-0.4, -0.2) is 36.2 Å². The molecule has 0 amide bonds. The van der Waals surface area contributed by atoms with E-state index in [-0.39, 0.29) is 5.56 Å². The number of furan rings is 1. The van der Waals surface area contributed by atoms with E-state index < -0.39 is 5.97 Å². The molecule has 0 radical (unpaired) electrons. The summed E-state index contributed by atoms with van der Waals surface area (Å²) < 4.78 is 10.8. The average molecular weight is 289 g/mol. The number of para-hydroxylation sites is 1. The number of nitrogens with zero attached hydrogens (tertiary/aromatic N) is 1. The van der Waals surface area contributed by atoms with Gasteiger partial charge in [0.1, 0.15) is 17.1 Å². The third kappa shape index (κ3) is 4.65. The zero-order valence-corrected chi connectivity index (χ0v) is 12.0. The lowest BCUT2D eigenvalue weighted by molar-refractivity contribution is 0.0692. The van der Waals surface area contributed by atoms with E-state index in [1.165, 1.54) is 0 Å². The van der Waals surface area contributed by atoms with Crippen LogP contribution in [0.3, 0.4) is 0 Å². The first-order valence-corrected chi connectivity index (χ1v) is 6.83. The molecule has 0 aliphatic heterocycles. The second-order valence-electron chi connectivity index (χ2n) is 4.82. The molecule has 112 valence electrons. The lowest BCUT2D eigenvalue weighted by atomic mass is 10.2. The fourth-order valence-corrected chi connectivity index (χ4v) is 2.03. The standard InChI is InChI=1S/C16H19NO4/c1-17(12-13-6-4-10-20-13)9-5-11-21-15-8-3-2-7-14(15)16(18)19/h2-4,6-8,10H,5,9,11-12H2,1H3,(H,18,19). The van der Waals surface area contributed by atoms with Crippen molar-refractivity contribution in [2.24, 2.45) is 0 Å². The maximum absolute atomic E-state index is 11.0. The lowest BCUT2D eigenvalue weighted by Crippen LogP contribution is -2.20. The molecule has 0 unspecified atom stereocenters. The Bertz CT molecular complexity index is 565. The molecule has 0 bridgehead atoms. The molecule has 2 aromatic rings. The Morgan fingerprint density at radius 3 is 2.81 bits per heavy atom. The van der Waals surface area contributed by atoms with Gasteiger partial charge in [-0.15, -0.1) is 0 Å². The van der Waals surface area contributed by atoms with Crippen molar-refractivity contribution in [3.63, 3.8) is 0 Å². The van der Waals surface area contributed by atoms with Crippen molar-refractivity contribution in [1.82, 2.24) is 4.90 Å². The van der Waals surface area contributed by atoms with E-state index in [1.807, 2.05) is 19.2 Å². The van der Waals surface area contributed by atoms with Gasteiger partial charge in [0, 0.05) is 6.54 Å². The number of benzene rings is 1. The Morgan fingerprint density at radius 1 is 1.29 bits per heavy atom. The van der Waals surface area contributed by atoms with E-state index in [9.17, 15) is 4.79 Å². The molecule has 21 heavy (non-hydrogen) atoms. The van der Waals surface area contributed by atoms with Crippen LogP contribution in [0.4, 0.5) is 0 Å². The predicted molar refractivity (Wildman–Crippen MR) is 78.6 cm³/mol. The number of hydrogen-bond donors (Lipinski definition) is 1. The van der Waals surface area contributed by atoms with E-state index in [2.05, 4.69) is 4.90 Å². The van der Waals surface area contributed by atoms with Crippen LogP contribution in [0.1, 0.15) is 22.5 Å². The van der Waals surface area contributed by atoms with E-state index >= 15 is 0 Å². The molecule has 0 atom stereocenters. The molecule has 1 aromatic heterocycles. The molecular weight excluding hydrogens is 270 g/mol. The molecule has 2 rings (SSSR count). The SMILES string of the molecule is CN(CCCOc1ccccc1C(=O)O)Cc1ccco1. The second kappa shape index (κ2) is 7.50. The van der Waals surface area contributed by atoms with E-state index in [4.69, 9.17) is 14.3 Å². The summed E-state index contributed by atoms with van der Waals surface area (Å²) in [6.45, 7) is 2.07. The fraction of sp³-hybridized carbons (Fsp3) is 0.312. The van der Waals surface area contributed by atoms with Crippen LogP contribution in [0, 0.1) is 0 Å². The van der Waals surface area contributed by atoms with Gasteiger partial charge < -0.3 is 14.3 Å². The number of carboxylic acids is 1. The van der Waals surface area contributed by atoms with Crippen molar-refractivity contribution in [2.75, 3.05) is 20.2 Å². The van der Waals surface area contributed by atoms with Crippen molar-refractivity contribution in [3.05, 3.63) is 54.0 Å². The van der Waals surface area contributed by atoms with E-state index in [1.54, 1.807) is 30.5 Å². The van der Waals surface area contributed by atoms with Crippen molar-refractivity contribution >= 4 is 5.97 Å². The zero-order chi connectivity index (χ0) is 15.1. The monoisotopic (exact) mass is 289 g/mol. The zero-order valence-electron chi connectivity index (χ0n) is 12.0. The van der Waals surface area contributed by atoms with Crippen LogP contribution in [0.25, 0.3) is 0 Å². The Balaban J connectivity index is 1.73. The van der Waals surface area contributed by atoms with Crippen molar-refractivity contribution in [2.45, 2.75) is 13.0 Å². The molecule has 1 aromatic carbocycles. The molecule has 0 aliphatic carbocycles. The minimum absolute atomic E-state index is 0.196. The van der Waals surface area contributed by atoms with Crippen molar-refractivity contribution in [3.8, 4) is 5.75 Å². The molecule has 0 spiro atoms. The number of carboxylic acid groups (broad SMARTS) is 1. The highest BCUT2D eigenvalue weighted by Gasteiger charge is 2.10. The highest BCUT2D eigenvalue weighted by Crippen LogP contribution is 2.17. The lowest BCUT2D eigenvalue weighted by Gasteiger charge is -2.15. The second-order valence-corrected chi connectivity index (χ2v) is 4.82. The molecule has 1 N–H and O–H groups in total. The van der Waals surface area contributed by atoms with Crippen LogP contribution < -0.4 is 4.74 Å². The molecular formula is C16H19NO4. The van der Waals surface area contributed by atoms with Crippen LogP contribution in [0.15, 0.2) is 47.1 Å². The van der Waals surface area contributed by atoms with E-state index in [0.29, 0.717) is 12.4 Å². The summed E-state index contributed by atoms with van der Waals surface area (Å²) in [5, 5.41) is 9.06. The summed E-state index contributed by atoms with van der Waals surface area (Å²) in [5.74, 6) is 0.369. The maximum Gasteiger partial charge on any atom is 0.339 e. The first-order chi connectivity index (χ1) is 10.2. The summed E-state index contributed by atoms with van der Waals surface area (Å²) in [7, 11) is 2.01. The molecule has 1 heterocycles. The molecule has 0 fully saturated rings. The largest absolute Gasteiger partial charge is 0.493 e. The molecule has 0 aliphatic rings. The summed E-state index contributed by atoms with van der Waals surface area (Å²) in [4.78, 5) is 13.2. The molecule has 0 saturated carbocycles. The number of ether oxygens (including phenoxy) is 1. The summed E-state index contributed by atoms with van der Waals surface area (Å²) in [5.41, 5.74) is 0.196. The third-order valence-corrected chi connectivity index (χ3v) is 3.07. The normalized spacial score (nSPS) is 10.8. The maximum atomic E-state index is 11.0. The van der Waals surface area contributed by atoms with Gasteiger partial charge in [0.05, 0.1) is 19.4 Å². The number of hydrogen-bond acceptors (Lipinski definition) is 4. The van der Waals surface area contributed by atoms with Gasteiger partial charge in [-0.1, -0.05) is 12.1 Å². The van der Waals surface area contributed by atoms with Crippen LogP contribution >= 0.6 is 0 Å². The third-order valence-electron chi connectivity index (χ3n) is 3.07. The van der Waals surface area contributed by atoms with Gasteiger partial charge >= 0.3 is 5.97 Å². The van der Waals surface area contributed by atoms with Crippen LogP contribution in [0.5, 0.6) is 5.75 Å². The number of rotatable bonds is 8. The highest BCUT2D eigenvalue weighted by molar-refractivity contribution is 5.90. The van der Waals surface area contributed by atoms with Crippen LogP contribution in [0.2, 0.25) is 0 Å². The van der Waals surface area contributed by atoms with Gasteiger partial charge in [0.25, 0.3) is 0 Å².